The third kappa shape index (κ3) is 4.39. The van der Waals surface area contributed by atoms with Gasteiger partial charge in [-0.2, -0.15) is 0 Å². The van der Waals surface area contributed by atoms with Gasteiger partial charge < -0.3 is 0 Å². The molecule has 0 aromatic heterocycles. The van der Waals surface area contributed by atoms with E-state index in [-0.39, 0.29) is 6.04 Å². The topological polar surface area (TPSA) is 29.1 Å². The van der Waals surface area contributed by atoms with Crippen LogP contribution in [0, 0.1) is 0 Å². The minimum Gasteiger partial charge on any atom is -0.298 e. The Balaban J connectivity index is 1.73. The van der Waals surface area contributed by atoms with Crippen molar-refractivity contribution in [3.8, 4) is 0 Å². The second-order valence-corrected chi connectivity index (χ2v) is 10.1. The number of benzene rings is 3. The van der Waals surface area contributed by atoms with Gasteiger partial charge in [-0.1, -0.05) is 103 Å². The summed E-state index contributed by atoms with van der Waals surface area (Å²) in [7, 11) is -2.87. The maximum Gasteiger partial charge on any atom is 0.193 e. The van der Waals surface area contributed by atoms with E-state index >= 15 is 0 Å². The lowest BCUT2D eigenvalue weighted by molar-refractivity contribution is 0.567. The normalized spacial score (nSPS) is 16.8. The van der Waals surface area contributed by atoms with Gasteiger partial charge in [0.1, 0.15) is 0 Å². The van der Waals surface area contributed by atoms with Crippen LogP contribution in [0.25, 0.3) is 9.81 Å². The van der Waals surface area contributed by atoms with Crippen LogP contribution < -0.4 is 5.09 Å². The SMILES string of the molecule is CC(NP1(=O)C=C(c2ccccc2)SC(c2ccccc2)=C1)c1ccccc1. The Labute approximate surface area is 170 Å². The highest BCUT2D eigenvalue weighted by Gasteiger charge is 2.27. The molecule has 1 aliphatic heterocycles. The van der Waals surface area contributed by atoms with Gasteiger partial charge in [-0.15, -0.1) is 0 Å². The molecular weight excluding hydrogens is 381 g/mol. The fourth-order valence-electron chi connectivity index (χ4n) is 3.22. The van der Waals surface area contributed by atoms with E-state index in [9.17, 15) is 4.57 Å². The maximum atomic E-state index is 13.9. The predicted octanol–water partition coefficient (Wildman–Crippen LogP) is 7.36. The van der Waals surface area contributed by atoms with Crippen molar-refractivity contribution in [2.24, 2.45) is 0 Å². The molecule has 0 fully saturated rings. The molecule has 1 unspecified atom stereocenters. The van der Waals surface area contributed by atoms with Crippen molar-refractivity contribution in [1.82, 2.24) is 5.09 Å². The lowest BCUT2D eigenvalue weighted by Gasteiger charge is -2.25. The first kappa shape index (κ1) is 19.0. The highest BCUT2D eigenvalue weighted by molar-refractivity contribution is 8.17. The summed E-state index contributed by atoms with van der Waals surface area (Å²) in [5.74, 6) is 3.83. The van der Waals surface area contributed by atoms with Gasteiger partial charge in [0.05, 0.1) is 0 Å². The molecule has 0 saturated heterocycles. The minimum atomic E-state index is -2.87. The van der Waals surface area contributed by atoms with Crippen LogP contribution in [0.3, 0.4) is 0 Å². The standard InChI is InChI=1S/C24H22NOPS/c1-19(20-11-5-2-6-12-20)25-27(26)17-23(21-13-7-3-8-14-21)28-24(18-27)22-15-9-4-10-16-22/h2-19H,1H3,(H,25,26). The van der Waals surface area contributed by atoms with Gasteiger partial charge in [-0.25, -0.2) is 0 Å². The Morgan fingerprint density at radius 3 is 1.61 bits per heavy atom. The summed E-state index contributed by atoms with van der Waals surface area (Å²) in [4.78, 5) is 2.05. The zero-order valence-corrected chi connectivity index (χ0v) is 17.4. The molecule has 4 heteroatoms. The maximum absolute atomic E-state index is 13.9. The highest BCUT2D eigenvalue weighted by Crippen LogP contribution is 2.59. The molecule has 0 radical (unpaired) electrons. The summed E-state index contributed by atoms with van der Waals surface area (Å²) in [6, 6.07) is 30.5. The number of hydrogen-bond donors (Lipinski definition) is 1. The van der Waals surface area contributed by atoms with Crippen molar-refractivity contribution in [3.63, 3.8) is 0 Å². The summed E-state index contributed by atoms with van der Waals surface area (Å²) in [5, 5.41) is 3.40. The first-order valence-electron chi connectivity index (χ1n) is 9.29. The van der Waals surface area contributed by atoms with Gasteiger partial charge in [-0.05, 0) is 23.6 Å². The Morgan fingerprint density at radius 1 is 0.714 bits per heavy atom. The van der Waals surface area contributed by atoms with Crippen molar-refractivity contribution in [3.05, 3.63) is 119 Å². The molecule has 2 nitrogen and oxygen atoms in total. The van der Waals surface area contributed by atoms with E-state index in [1.165, 1.54) is 0 Å². The van der Waals surface area contributed by atoms with Crippen LogP contribution in [0.5, 0.6) is 0 Å². The number of hydrogen-bond acceptors (Lipinski definition) is 2. The lowest BCUT2D eigenvalue weighted by atomic mass is 10.1. The first-order chi connectivity index (χ1) is 13.6. The first-order valence-corrected chi connectivity index (χ1v) is 12.0. The summed E-state index contributed by atoms with van der Waals surface area (Å²) in [6.07, 6.45) is 0. The van der Waals surface area contributed by atoms with Gasteiger partial charge in [0, 0.05) is 27.5 Å². The third-order valence-corrected chi connectivity index (χ3v) is 8.22. The van der Waals surface area contributed by atoms with E-state index in [2.05, 4.69) is 48.4 Å². The fourth-order valence-corrected chi connectivity index (χ4v) is 7.30. The average molecular weight is 403 g/mol. The fraction of sp³-hybridized carbons (Fsp3) is 0.0833. The van der Waals surface area contributed by atoms with Gasteiger partial charge in [0.25, 0.3) is 0 Å². The molecule has 1 atom stereocenters. The van der Waals surface area contributed by atoms with Crippen molar-refractivity contribution in [2.75, 3.05) is 0 Å². The zero-order valence-electron chi connectivity index (χ0n) is 15.7. The molecular formula is C24H22NOPS. The Kier molecular flexibility index (Phi) is 5.68. The minimum absolute atomic E-state index is 0.0170. The lowest BCUT2D eigenvalue weighted by Crippen LogP contribution is -2.14. The van der Waals surface area contributed by atoms with E-state index in [1.807, 2.05) is 66.2 Å². The molecule has 1 N–H and O–H groups in total. The molecule has 0 bridgehead atoms. The van der Waals surface area contributed by atoms with Crippen LogP contribution >= 0.6 is 19.1 Å². The molecule has 3 aromatic rings. The van der Waals surface area contributed by atoms with Gasteiger partial charge >= 0.3 is 0 Å². The van der Waals surface area contributed by atoms with E-state index in [0.29, 0.717) is 0 Å². The monoisotopic (exact) mass is 403 g/mol. The second-order valence-electron chi connectivity index (χ2n) is 6.79. The second kappa shape index (κ2) is 8.36. The van der Waals surface area contributed by atoms with Crippen LogP contribution in [0.1, 0.15) is 29.7 Å². The van der Waals surface area contributed by atoms with Crippen LogP contribution in [-0.2, 0) is 4.57 Å². The van der Waals surface area contributed by atoms with Crippen LogP contribution in [-0.4, -0.2) is 0 Å². The zero-order chi connectivity index (χ0) is 19.4. The molecule has 0 saturated carbocycles. The molecule has 0 amide bonds. The Bertz CT molecular complexity index is 986. The van der Waals surface area contributed by atoms with Crippen LogP contribution in [0.2, 0.25) is 0 Å². The van der Waals surface area contributed by atoms with Crippen LogP contribution in [0.4, 0.5) is 0 Å². The highest BCUT2D eigenvalue weighted by atomic mass is 32.2. The smallest absolute Gasteiger partial charge is 0.193 e. The van der Waals surface area contributed by atoms with E-state index in [1.54, 1.807) is 11.8 Å². The van der Waals surface area contributed by atoms with E-state index < -0.39 is 7.29 Å². The summed E-state index contributed by atoms with van der Waals surface area (Å²) in [6.45, 7) is 2.06. The van der Waals surface area contributed by atoms with Crippen LogP contribution in [0.15, 0.2) is 103 Å². The van der Waals surface area contributed by atoms with Gasteiger partial charge in [-0.3, -0.25) is 9.65 Å². The average Bonchev–Trinajstić information content (AvgIpc) is 2.75. The Hall–Kier alpha value is -2.32. The molecule has 140 valence electrons. The number of thioether (sulfide) groups is 1. The summed E-state index contributed by atoms with van der Waals surface area (Å²) >= 11 is 1.67. The molecule has 1 aliphatic rings. The van der Waals surface area contributed by atoms with Gasteiger partial charge in [0.2, 0.25) is 0 Å². The molecule has 4 rings (SSSR count). The predicted molar refractivity (Wildman–Crippen MR) is 122 cm³/mol. The van der Waals surface area contributed by atoms with Crippen molar-refractivity contribution >= 4 is 28.9 Å². The quantitative estimate of drug-likeness (QED) is 0.451. The van der Waals surface area contributed by atoms with Gasteiger partial charge in [0.15, 0.2) is 7.29 Å². The molecule has 0 aliphatic carbocycles. The third-order valence-electron chi connectivity index (χ3n) is 4.65. The Morgan fingerprint density at radius 2 is 1.14 bits per heavy atom. The van der Waals surface area contributed by atoms with E-state index in [0.717, 1.165) is 26.5 Å². The van der Waals surface area contributed by atoms with Crippen molar-refractivity contribution in [1.29, 1.82) is 0 Å². The molecule has 0 spiro atoms. The number of nitrogens with one attached hydrogen (secondary N) is 1. The van der Waals surface area contributed by atoms with Crippen molar-refractivity contribution in [2.45, 2.75) is 13.0 Å². The largest absolute Gasteiger partial charge is 0.298 e. The molecule has 1 heterocycles. The molecule has 3 aromatic carbocycles. The summed E-state index contributed by atoms with van der Waals surface area (Å²) in [5.41, 5.74) is 3.30. The van der Waals surface area contributed by atoms with E-state index in [4.69, 9.17) is 0 Å². The number of rotatable bonds is 5. The molecule has 28 heavy (non-hydrogen) atoms. The summed E-state index contributed by atoms with van der Waals surface area (Å²) < 4.78 is 13.9. The van der Waals surface area contributed by atoms with Crippen molar-refractivity contribution < 1.29 is 4.57 Å².